The summed E-state index contributed by atoms with van der Waals surface area (Å²) >= 11 is 9.27. The number of hydrogen-bond donors (Lipinski definition) is 1. The van der Waals surface area contributed by atoms with Gasteiger partial charge in [-0.1, -0.05) is 11.6 Å². The lowest BCUT2D eigenvalue weighted by Crippen LogP contribution is -1.93. The van der Waals surface area contributed by atoms with E-state index in [1.165, 1.54) is 18.2 Å². The highest BCUT2D eigenvalue weighted by molar-refractivity contribution is 9.10. The van der Waals surface area contributed by atoms with Crippen molar-refractivity contribution in [3.05, 3.63) is 52.0 Å². The van der Waals surface area contributed by atoms with Crippen LogP contribution < -0.4 is 5.32 Å². The van der Waals surface area contributed by atoms with Crippen molar-refractivity contribution in [3.63, 3.8) is 0 Å². The summed E-state index contributed by atoms with van der Waals surface area (Å²) in [6, 6.07) is 5.93. The predicted molar refractivity (Wildman–Crippen MR) is 66.6 cm³/mol. The van der Waals surface area contributed by atoms with Crippen molar-refractivity contribution in [1.29, 1.82) is 0 Å². The van der Waals surface area contributed by atoms with E-state index in [0.717, 1.165) is 10.2 Å². The van der Waals surface area contributed by atoms with Crippen molar-refractivity contribution in [2.75, 3.05) is 5.32 Å². The first-order valence-electron chi connectivity index (χ1n) is 4.48. The Bertz CT molecular complexity index is 519. The molecule has 0 radical (unpaired) electrons. The zero-order valence-electron chi connectivity index (χ0n) is 8.05. The number of aromatic nitrogens is 1. The summed E-state index contributed by atoms with van der Waals surface area (Å²) in [4.78, 5) is 3.93. The molecule has 0 spiro atoms. The third-order valence-corrected chi connectivity index (χ3v) is 2.93. The molecule has 1 N–H and O–H groups in total. The zero-order valence-corrected chi connectivity index (χ0v) is 10.4. The monoisotopic (exact) mass is 300 g/mol. The van der Waals surface area contributed by atoms with E-state index in [2.05, 4.69) is 26.2 Å². The number of pyridine rings is 1. The second kappa shape index (κ2) is 4.80. The first-order chi connectivity index (χ1) is 7.66. The molecule has 0 atom stereocenters. The van der Waals surface area contributed by atoms with Gasteiger partial charge in [-0.25, -0.2) is 4.39 Å². The van der Waals surface area contributed by atoms with E-state index in [-0.39, 0.29) is 5.82 Å². The molecule has 0 aliphatic carbocycles. The van der Waals surface area contributed by atoms with Crippen molar-refractivity contribution in [3.8, 4) is 0 Å². The predicted octanol–water partition coefficient (Wildman–Crippen LogP) is 4.38. The lowest BCUT2D eigenvalue weighted by molar-refractivity contribution is 0.628. The molecular weight excluding hydrogens is 294 g/mol. The normalized spacial score (nSPS) is 10.2. The largest absolute Gasteiger partial charge is 0.353 e. The van der Waals surface area contributed by atoms with Gasteiger partial charge in [0.15, 0.2) is 0 Å². The molecule has 0 saturated carbocycles. The van der Waals surface area contributed by atoms with E-state index in [0.29, 0.717) is 10.7 Å². The molecule has 2 rings (SSSR count). The Kier molecular flexibility index (Phi) is 3.41. The highest BCUT2D eigenvalue weighted by Gasteiger charge is 2.04. The molecule has 5 heteroatoms. The molecule has 1 heterocycles. The number of benzene rings is 1. The lowest BCUT2D eigenvalue weighted by Gasteiger charge is -2.09. The number of halogens is 3. The summed E-state index contributed by atoms with van der Waals surface area (Å²) in [5, 5.41) is 3.49. The van der Waals surface area contributed by atoms with E-state index in [4.69, 9.17) is 11.6 Å². The van der Waals surface area contributed by atoms with Gasteiger partial charge in [0.05, 0.1) is 20.9 Å². The topological polar surface area (TPSA) is 24.9 Å². The Hall–Kier alpha value is -1.13. The Balaban J connectivity index is 2.34. The molecule has 0 amide bonds. The van der Waals surface area contributed by atoms with Crippen LogP contribution in [0.3, 0.4) is 0 Å². The van der Waals surface area contributed by atoms with Crippen molar-refractivity contribution in [2.45, 2.75) is 0 Å². The van der Waals surface area contributed by atoms with Crippen molar-refractivity contribution in [1.82, 2.24) is 4.98 Å². The van der Waals surface area contributed by atoms with Crippen LogP contribution in [0.1, 0.15) is 0 Å². The van der Waals surface area contributed by atoms with Gasteiger partial charge in [-0.05, 0) is 40.2 Å². The van der Waals surface area contributed by atoms with Crippen LogP contribution in [0.2, 0.25) is 5.02 Å². The van der Waals surface area contributed by atoms with E-state index < -0.39 is 0 Å². The van der Waals surface area contributed by atoms with Gasteiger partial charge in [-0.3, -0.25) is 4.98 Å². The number of anilines is 2. The highest BCUT2D eigenvalue weighted by atomic mass is 79.9. The maximum Gasteiger partial charge on any atom is 0.125 e. The average molecular weight is 302 g/mol. The average Bonchev–Trinajstić information content (AvgIpc) is 2.27. The lowest BCUT2D eigenvalue weighted by atomic mass is 10.3. The van der Waals surface area contributed by atoms with Gasteiger partial charge in [0.2, 0.25) is 0 Å². The molecule has 0 aliphatic rings. The smallest absolute Gasteiger partial charge is 0.125 e. The van der Waals surface area contributed by atoms with Crippen molar-refractivity contribution in [2.24, 2.45) is 0 Å². The third-order valence-electron chi connectivity index (χ3n) is 1.97. The van der Waals surface area contributed by atoms with Crippen LogP contribution >= 0.6 is 27.5 Å². The number of nitrogens with zero attached hydrogens (tertiary/aromatic N) is 1. The molecule has 0 aliphatic heterocycles. The highest BCUT2D eigenvalue weighted by Crippen LogP contribution is 2.29. The molecular formula is C11H7BrClFN2. The number of rotatable bonds is 2. The van der Waals surface area contributed by atoms with Crippen LogP contribution in [0.5, 0.6) is 0 Å². The fourth-order valence-corrected chi connectivity index (χ4v) is 1.73. The maximum atomic E-state index is 13.0. The molecule has 1 aromatic carbocycles. The van der Waals surface area contributed by atoms with Gasteiger partial charge in [-0.2, -0.15) is 0 Å². The van der Waals surface area contributed by atoms with Gasteiger partial charge in [-0.15, -0.1) is 0 Å². The van der Waals surface area contributed by atoms with Gasteiger partial charge in [0.25, 0.3) is 0 Å². The van der Waals surface area contributed by atoms with E-state index in [9.17, 15) is 4.39 Å². The molecule has 2 aromatic rings. The van der Waals surface area contributed by atoms with Gasteiger partial charge >= 0.3 is 0 Å². The quantitative estimate of drug-likeness (QED) is 0.890. The summed E-state index contributed by atoms with van der Waals surface area (Å²) in [6.45, 7) is 0. The standard InChI is InChI=1S/C11H7BrClFN2/c12-8-6-15-4-3-10(8)16-11-5-7(14)1-2-9(11)13/h1-6H,(H,15,16). The molecule has 0 fully saturated rings. The van der Waals surface area contributed by atoms with Crippen LogP contribution in [0, 0.1) is 5.82 Å². The SMILES string of the molecule is Fc1ccc(Cl)c(Nc2ccncc2Br)c1. The van der Waals surface area contributed by atoms with Crippen LogP contribution in [-0.2, 0) is 0 Å². The van der Waals surface area contributed by atoms with Gasteiger partial charge < -0.3 is 5.32 Å². The second-order valence-electron chi connectivity index (χ2n) is 3.10. The minimum Gasteiger partial charge on any atom is -0.353 e. The van der Waals surface area contributed by atoms with E-state index in [1.54, 1.807) is 18.5 Å². The third kappa shape index (κ3) is 2.51. The minimum absolute atomic E-state index is 0.336. The van der Waals surface area contributed by atoms with Gasteiger partial charge in [0, 0.05) is 12.4 Å². The Morgan fingerprint density at radius 2 is 2.06 bits per heavy atom. The van der Waals surface area contributed by atoms with Crippen LogP contribution in [0.15, 0.2) is 41.1 Å². The first kappa shape index (κ1) is 11.4. The molecule has 16 heavy (non-hydrogen) atoms. The second-order valence-corrected chi connectivity index (χ2v) is 4.37. The van der Waals surface area contributed by atoms with Crippen molar-refractivity contribution >= 4 is 38.9 Å². The zero-order chi connectivity index (χ0) is 11.5. The molecule has 2 nitrogen and oxygen atoms in total. The van der Waals surface area contributed by atoms with Crippen LogP contribution in [0.25, 0.3) is 0 Å². The summed E-state index contributed by atoms with van der Waals surface area (Å²) in [5.41, 5.74) is 1.30. The Labute approximate surface area is 106 Å². The summed E-state index contributed by atoms with van der Waals surface area (Å²) in [5.74, 6) is -0.336. The summed E-state index contributed by atoms with van der Waals surface area (Å²) in [7, 11) is 0. The molecule has 0 saturated heterocycles. The fourth-order valence-electron chi connectivity index (χ4n) is 1.21. The molecule has 1 aromatic heterocycles. The van der Waals surface area contributed by atoms with Crippen LogP contribution in [0.4, 0.5) is 15.8 Å². The maximum absolute atomic E-state index is 13.0. The summed E-state index contributed by atoms with van der Waals surface area (Å²) in [6.07, 6.45) is 3.29. The Morgan fingerprint density at radius 3 is 2.81 bits per heavy atom. The summed E-state index contributed by atoms with van der Waals surface area (Å²) < 4.78 is 13.8. The number of hydrogen-bond acceptors (Lipinski definition) is 2. The van der Waals surface area contributed by atoms with Crippen LogP contribution in [-0.4, -0.2) is 4.98 Å². The fraction of sp³-hybridized carbons (Fsp3) is 0. The van der Waals surface area contributed by atoms with Crippen molar-refractivity contribution < 1.29 is 4.39 Å². The van der Waals surface area contributed by atoms with E-state index >= 15 is 0 Å². The first-order valence-corrected chi connectivity index (χ1v) is 5.65. The Morgan fingerprint density at radius 1 is 1.25 bits per heavy atom. The minimum atomic E-state index is -0.336. The number of nitrogens with one attached hydrogen (secondary N) is 1. The van der Waals surface area contributed by atoms with Gasteiger partial charge in [0.1, 0.15) is 5.82 Å². The molecule has 82 valence electrons. The molecule has 0 unspecified atom stereocenters. The molecule has 0 bridgehead atoms. The van der Waals surface area contributed by atoms with E-state index in [1.807, 2.05) is 0 Å².